The summed E-state index contributed by atoms with van der Waals surface area (Å²) in [4.78, 5) is 35.6. The predicted molar refractivity (Wildman–Crippen MR) is 76.0 cm³/mol. The lowest BCUT2D eigenvalue weighted by Crippen LogP contribution is -2.37. The Labute approximate surface area is 127 Å². The lowest BCUT2D eigenvalue weighted by Gasteiger charge is -2.13. The van der Waals surface area contributed by atoms with Crippen molar-refractivity contribution in [2.45, 2.75) is 0 Å². The zero-order valence-electron chi connectivity index (χ0n) is 10.2. The van der Waals surface area contributed by atoms with Gasteiger partial charge in [-0.3, -0.25) is 19.3 Å². The molecule has 0 radical (unpaired) electrons. The molecule has 106 valence electrons. The molecule has 0 bridgehead atoms. The van der Waals surface area contributed by atoms with Crippen LogP contribution in [-0.4, -0.2) is 40.8 Å². The highest BCUT2D eigenvalue weighted by molar-refractivity contribution is 9.10. The van der Waals surface area contributed by atoms with Crippen molar-refractivity contribution in [3.8, 4) is 0 Å². The van der Waals surface area contributed by atoms with Gasteiger partial charge in [-0.1, -0.05) is 11.8 Å². The minimum absolute atomic E-state index is 0.134. The minimum atomic E-state index is -0.446. The summed E-state index contributed by atoms with van der Waals surface area (Å²) in [5, 5.41) is 2.28. The van der Waals surface area contributed by atoms with Crippen LogP contribution in [0.3, 0.4) is 0 Å². The first-order valence-electron chi connectivity index (χ1n) is 5.69. The second kappa shape index (κ2) is 6.36. The standard InChI is InChI=1S/C12H10BrFN2O3S/c13-9-5-7(14)1-2-8(9)11(18)15-3-4-16-10(17)6-20-12(16)19/h1-2,5H,3-4,6H2,(H,15,18). The van der Waals surface area contributed by atoms with Gasteiger partial charge in [-0.25, -0.2) is 4.39 Å². The molecule has 0 saturated carbocycles. The topological polar surface area (TPSA) is 66.5 Å². The van der Waals surface area contributed by atoms with Crippen molar-refractivity contribution in [3.05, 3.63) is 34.1 Å². The molecular weight excluding hydrogens is 351 g/mol. The normalized spacial score (nSPS) is 14.8. The summed E-state index contributed by atoms with van der Waals surface area (Å²) in [6.45, 7) is 0.288. The summed E-state index contributed by atoms with van der Waals surface area (Å²) < 4.78 is 13.3. The molecule has 1 aromatic carbocycles. The van der Waals surface area contributed by atoms with E-state index in [4.69, 9.17) is 0 Å². The molecule has 1 heterocycles. The molecule has 20 heavy (non-hydrogen) atoms. The molecule has 0 unspecified atom stereocenters. The zero-order valence-corrected chi connectivity index (χ0v) is 12.6. The van der Waals surface area contributed by atoms with E-state index in [1.807, 2.05) is 0 Å². The number of imide groups is 1. The second-order valence-corrected chi connectivity index (χ2v) is 5.76. The molecule has 1 aliphatic heterocycles. The number of hydrogen-bond acceptors (Lipinski definition) is 4. The van der Waals surface area contributed by atoms with Gasteiger partial charge in [0.25, 0.3) is 11.1 Å². The number of thioether (sulfide) groups is 1. The van der Waals surface area contributed by atoms with Crippen LogP contribution in [0, 0.1) is 5.82 Å². The fraction of sp³-hybridized carbons (Fsp3) is 0.250. The van der Waals surface area contributed by atoms with Gasteiger partial charge in [0, 0.05) is 17.6 Å². The summed E-state index contributed by atoms with van der Waals surface area (Å²) in [5.74, 6) is -0.949. The molecule has 1 fully saturated rings. The summed E-state index contributed by atoms with van der Waals surface area (Å²) in [7, 11) is 0. The number of benzene rings is 1. The van der Waals surface area contributed by atoms with Gasteiger partial charge in [-0.05, 0) is 34.1 Å². The second-order valence-electron chi connectivity index (χ2n) is 3.98. The Balaban J connectivity index is 1.89. The Hall–Kier alpha value is -1.41. The molecule has 1 N–H and O–H groups in total. The molecule has 1 aliphatic rings. The third-order valence-corrected chi connectivity index (χ3v) is 4.15. The maximum absolute atomic E-state index is 12.9. The van der Waals surface area contributed by atoms with Gasteiger partial charge in [0.15, 0.2) is 0 Å². The van der Waals surface area contributed by atoms with E-state index < -0.39 is 11.7 Å². The van der Waals surface area contributed by atoms with Gasteiger partial charge in [-0.15, -0.1) is 0 Å². The molecule has 0 aliphatic carbocycles. The minimum Gasteiger partial charge on any atom is -0.350 e. The molecule has 1 saturated heterocycles. The summed E-state index contributed by atoms with van der Waals surface area (Å²) in [6, 6.07) is 3.74. The molecular formula is C12H10BrFN2O3S. The van der Waals surface area contributed by atoms with Crippen molar-refractivity contribution in [1.29, 1.82) is 0 Å². The van der Waals surface area contributed by atoms with Gasteiger partial charge in [0.05, 0.1) is 11.3 Å². The average Bonchev–Trinajstić information content (AvgIpc) is 2.70. The zero-order chi connectivity index (χ0) is 14.7. The summed E-state index contributed by atoms with van der Waals surface area (Å²) in [6.07, 6.45) is 0. The van der Waals surface area contributed by atoms with Gasteiger partial charge in [0.1, 0.15) is 5.82 Å². The number of nitrogens with one attached hydrogen (secondary N) is 1. The lowest BCUT2D eigenvalue weighted by atomic mass is 10.2. The first-order chi connectivity index (χ1) is 9.49. The Morgan fingerprint density at radius 2 is 2.20 bits per heavy atom. The Bertz CT molecular complexity index is 566. The van der Waals surface area contributed by atoms with Crippen molar-refractivity contribution in [3.63, 3.8) is 0 Å². The monoisotopic (exact) mass is 360 g/mol. The predicted octanol–water partition coefficient (Wildman–Crippen LogP) is 2.01. The molecule has 2 rings (SSSR count). The van der Waals surface area contributed by atoms with Crippen molar-refractivity contribution in [2.75, 3.05) is 18.8 Å². The third kappa shape index (κ3) is 3.37. The Morgan fingerprint density at radius 1 is 1.45 bits per heavy atom. The molecule has 3 amide bonds. The quantitative estimate of drug-likeness (QED) is 0.891. The number of carbonyl (C=O) groups excluding carboxylic acids is 3. The highest BCUT2D eigenvalue weighted by atomic mass is 79.9. The van der Waals surface area contributed by atoms with Gasteiger partial charge >= 0.3 is 0 Å². The van der Waals surface area contributed by atoms with Gasteiger partial charge < -0.3 is 5.32 Å². The first kappa shape index (κ1) is 15.0. The lowest BCUT2D eigenvalue weighted by molar-refractivity contribution is -0.124. The molecule has 1 aromatic rings. The van der Waals surface area contributed by atoms with E-state index in [9.17, 15) is 18.8 Å². The van der Waals surface area contributed by atoms with E-state index in [-0.39, 0.29) is 30.0 Å². The Morgan fingerprint density at radius 3 is 2.80 bits per heavy atom. The van der Waals surface area contributed by atoms with Gasteiger partial charge in [-0.2, -0.15) is 0 Å². The van der Waals surface area contributed by atoms with Crippen molar-refractivity contribution in [1.82, 2.24) is 10.2 Å². The van der Waals surface area contributed by atoms with Crippen molar-refractivity contribution < 1.29 is 18.8 Å². The fourth-order valence-corrected chi connectivity index (χ4v) is 2.93. The van der Waals surface area contributed by atoms with E-state index in [0.29, 0.717) is 10.0 Å². The molecule has 0 aromatic heterocycles. The highest BCUT2D eigenvalue weighted by Crippen LogP contribution is 2.19. The van der Waals surface area contributed by atoms with Crippen LogP contribution in [0.2, 0.25) is 0 Å². The van der Waals surface area contributed by atoms with Gasteiger partial charge in [0.2, 0.25) is 5.91 Å². The largest absolute Gasteiger partial charge is 0.350 e. The van der Waals surface area contributed by atoms with E-state index in [0.717, 1.165) is 16.7 Å². The maximum Gasteiger partial charge on any atom is 0.288 e. The third-order valence-electron chi connectivity index (χ3n) is 2.64. The number of halogens is 2. The SMILES string of the molecule is O=C(NCCN1C(=O)CSC1=O)c1ccc(F)cc1Br. The summed E-state index contributed by atoms with van der Waals surface area (Å²) in [5.41, 5.74) is 0.292. The van der Waals surface area contributed by atoms with Crippen LogP contribution in [0.1, 0.15) is 10.4 Å². The van der Waals surface area contributed by atoms with E-state index in [2.05, 4.69) is 21.2 Å². The molecule has 8 heteroatoms. The number of rotatable bonds is 4. The van der Waals surface area contributed by atoms with Crippen LogP contribution < -0.4 is 5.32 Å². The van der Waals surface area contributed by atoms with Crippen LogP contribution in [0.15, 0.2) is 22.7 Å². The first-order valence-corrected chi connectivity index (χ1v) is 7.47. The van der Waals surface area contributed by atoms with Crippen LogP contribution in [-0.2, 0) is 4.79 Å². The molecule has 0 spiro atoms. The summed E-state index contributed by atoms with van der Waals surface area (Å²) >= 11 is 4.05. The molecule has 0 atom stereocenters. The smallest absolute Gasteiger partial charge is 0.288 e. The van der Waals surface area contributed by atoms with Crippen molar-refractivity contribution >= 4 is 44.7 Å². The maximum atomic E-state index is 12.9. The number of nitrogens with zero attached hydrogens (tertiary/aromatic N) is 1. The van der Waals surface area contributed by atoms with Crippen LogP contribution >= 0.6 is 27.7 Å². The number of carbonyl (C=O) groups is 3. The van der Waals surface area contributed by atoms with Crippen LogP contribution in [0.4, 0.5) is 9.18 Å². The highest BCUT2D eigenvalue weighted by Gasteiger charge is 2.29. The van der Waals surface area contributed by atoms with Crippen LogP contribution in [0.25, 0.3) is 0 Å². The molecule has 5 nitrogen and oxygen atoms in total. The van der Waals surface area contributed by atoms with Crippen molar-refractivity contribution in [2.24, 2.45) is 0 Å². The average molecular weight is 361 g/mol. The van der Waals surface area contributed by atoms with Crippen LogP contribution in [0.5, 0.6) is 0 Å². The van der Waals surface area contributed by atoms with E-state index in [1.54, 1.807) is 0 Å². The Kier molecular flexibility index (Phi) is 4.77. The number of amides is 3. The van der Waals surface area contributed by atoms with E-state index in [1.165, 1.54) is 18.2 Å². The fourth-order valence-electron chi connectivity index (χ4n) is 1.65. The van der Waals surface area contributed by atoms with E-state index >= 15 is 0 Å². The number of hydrogen-bond donors (Lipinski definition) is 1.